The molecule has 0 aliphatic rings. The molecule has 24 heavy (non-hydrogen) atoms. The van der Waals surface area contributed by atoms with Crippen LogP contribution in [0.5, 0.6) is 0 Å². The van der Waals surface area contributed by atoms with Gasteiger partial charge in [-0.1, -0.05) is 74.1 Å². The molecule has 0 radical (unpaired) electrons. The minimum Gasteiger partial charge on any atom is -0.465 e. The van der Waals surface area contributed by atoms with Crippen molar-refractivity contribution in [1.82, 2.24) is 0 Å². The van der Waals surface area contributed by atoms with E-state index < -0.39 is 8.07 Å². The molecule has 2 nitrogen and oxygen atoms in total. The number of carbonyl (C=O) groups excluding carboxylic acids is 1. The van der Waals surface area contributed by atoms with Crippen LogP contribution in [0, 0.1) is 11.5 Å². The zero-order valence-electron chi connectivity index (χ0n) is 14.6. The maximum Gasteiger partial charge on any atom is 0.338 e. The number of ether oxygens (including phenoxy) is 1. The lowest BCUT2D eigenvalue weighted by atomic mass is 10.0. The van der Waals surface area contributed by atoms with E-state index in [1.54, 1.807) is 0 Å². The molecule has 0 amide bonds. The summed E-state index contributed by atoms with van der Waals surface area (Å²) in [7, 11) is -0.0608. The highest BCUT2D eigenvalue weighted by Crippen LogP contribution is 2.17. The number of carbonyl (C=O) groups is 1. The summed E-state index contributed by atoms with van der Waals surface area (Å²) in [6.07, 6.45) is 3.91. The molecule has 122 valence electrons. The van der Waals surface area contributed by atoms with Gasteiger partial charge in [0, 0.05) is 5.56 Å². The van der Waals surface area contributed by atoms with Crippen LogP contribution in [0.25, 0.3) is 12.2 Å². The van der Waals surface area contributed by atoms with Crippen LogP contribution in [0.3, 0.4) is 0 Å². The van der Waals surface area contributed by atoms with E-state index in [1.807, 2.05) is 60.7 Å². The van der Waals surface area contributed by atoms with E-state index in [-0.39, 0.29) is 5.97 Å². The Balaban J connectivity index is 2.39. The molecule has 0 atom stereocenters. The third-order valence-electron chi connectivity index (χ3n) is 3.30. The van der Waals surface area contributed by atoms with Crippen molar-refractivity contribution in [1.29, 1.82) is 0 Å². The Morgan fingerprint density at radius 2 is 1.75 bits per heavy atom. The molecule has 0 aliphatic heterocycles. The van der Waals surface area contributed by atoms with Crippen LogP contribution in [-0.4, -0.2) is 21.2 Å². The third kappa shape index (κ3) is 5.26. The van der Waals surface area contributed by atoms with Gasteiger partial charge in [0.2, 0.25) is 0 Å². The Morgan fingerprint density at radius 1 is 1.04 bits per heavy atom. The van der Waals surface area contributed by atoms with Gasteiger partial charge in [0.15, 0.2) is 0 Å². The minimum absolute atomic E-state index is 0.348. The molecule has 0 aromatic heterocycles. The Bertz CT molecular complexity index is 803. The highest BCUT2D eigenvalue weighted by Gasteiger charge is 2.11. The molecule has 0 heterocycles. The lowest BCUT2D eigenvalue weighted by molar-refractivity contribution is 0.0600. The molecule has 0 spiro atoms. The number of benzene rings is 2. The van der Waals surface area contributed by atoms with Crippen molar-refractivity contribution < 1.29 is 9.53 Å². The summed E-state index contributed by atoms with van der Waals surface area (Å²) in [5, 5.41) is 0. The summed E-state index contributed by atoms with van der Waals surface area (Å²) in [5.41, 5.74) is 6.60. The second-order valence-electron chi connectivity index (χ2n) is 6.54. The molecule has 2 aromatic carbocycles. The fourth-order valence-electron chi connectivity index (χ4n) is 2.08. The monoisotopic (exact) mass is 334 g/mol. The third-order valence-corrected chi connectivity index (χ3v) is 4.17. The first kappa shape index (κ1) is 17.8. The van der Waals surface area contributed by atoms with Crippen LogP contribution in [-0.2, 0) is 4.74 Å². The number of hydrogen-bond donors (Lipinski definition) is 0. The zero-order chi connectivity index (χ0) is 17.6. The fraction of sp³-hybridized carbons (Fsp3) is 0.190. The van der Waals surface area contributed by atoms with E-state index in [0.29, 0.717) is 5.56 Å². The molecule has 3 heteroatoms. The van der Waals surface area contributed by atoms with Crippen molar-refractivity contribution in [3.8, 4) is 11.5 Å². The Labute approximate surface area is 145 Å². The molecule has 0 saturated carbocycles. The van der Waals surface area contributed by atoms with Crippen LogP contribution in [0.2, 0.25) is 19.6 Å². The quantitative estimate of drug-likeness (QED) is 0.346. The van der Waals surface area contributed by atoms with Gasteiger partial charge in [-0.05, 0) is 23.3 Å². The average Bonchev–Trinajstić information content (AvgIpc) is 2.58. The van der Waals surface area contributed by atoms with Crippen LogP contribution in [0.4, 0.5) is 0 Å². The molecular weight excluding hydrogens is 312 g/mol. The molecule has 0 unspecified atom stereocenters. The fourth-order valence-corrected chi connectivity index (χ4v) is 2.60. The molecule has 0 fully saturated rings. The SMILES string of the molecule is COC(=O)c1cc(C#C[Si](C)(C)C)ccc1/C=C/c1ccccc1. The molecule has 2 rings (SSSR count). The number of esters is 1. The largest absolute Gasteiger partial charge is 0.465 e. The lowest BCUT2D eigenvalue weighted by Gasteiger charge is -2.06. The second-order valence-corrected chi connectivity index (χ2v) is 11.3. The van der Waals surface area contributed by atoms with E-state index in [0.717, 1.165) is 16.7 Å². The number of rotatable bonds is 3. The van der Waals surface area contributed by atoms with Crippen LogP contribution >= 0.6 is 0 Å². The molecule has 2 aromatic rings. The normalized spacial score (nSPS) is 11.0. The first-order valence-corrected chi connectivity index (χ1v) is 11.4. The predicted octanol–water partition coefficient (Wildman–Crippen LogP) is 4.87. The maximum atomic E-state index is 12.1. The molecule has 0 bridgehead atoms. The van der Waals surface area contributed by atoms with Crippen molar-refractivity contribution in [3.63, 3.8) is 0 Å². The lowest BCUT2D eigenvalue weighted by Crippen LogP contribution is -2.16. The topological polar surface area (TPSA) is 26.3 Å². The van der Waals surface area contributed by atoms with Crippen molar-refractivity contribution in [3.05, 3.63) is 70.8 Å². The number of methoxy groups -OCH3 is 1. The van der Waals surface area contributed by atoms with Crippen molar-refractivity contribution >= 4 is 26.2 Å². The van der Waals surface area contributed by atoms with Gasteiger partial charge in [0.25, 0.3) is 0 Å². The van der Waals surface area contributed by atoms with Gasteiger partial charge < -0.3 is 4.74 Å². The van der Waals surface area contributed by atoms with E-state index in [2.05, 4.69) is 31.1 Å². The summed E-state index contributed by atoms with van der Waals surface area (Å²) in [5.74, 6) is 2.84. The summed E-state index contributed by atoms with van der Waals surface area (Å²) in [4.78, 5) is 12.1. The molecule has 0 N–H and O–H groups in total. The minimum atomic E-state index is -1.46. The van der Waals surface area contributed by atoms with E-state index in [1.165, 1.54) is 7.11 Å². The second kappa shape index (κ2) is 7.81. The van der Waals surface area contributed by atoms with Gasteiger partial charge in [-0.3, -0.25) is 0 Å². The summed E-state index contributed by atoms with van der Waals surface area (Å²) < 4.78 is 4.92. The maximum absolute atomic E-state index is 12.1. The summed E-state index contributed by atoms with van der Waals surface area (Å²) in [6.45, 7) is 6.58. The van der Waals surface area contributed by atoms with Crippen LogP contribution in [0.15, 0.2) is 48.5 Å². The van der Waals surface area contributed by atoms with Gasteiger partial charge >= 0.3 is 5.97 Å². The Morgan fingerprint density at radius 3 is 2.38 bits per heavy atom. The Kier molecular flexibility index (Phi) is 5.78. The standard InChI is InChI=1S/C21H22O2Si/c1-23-21(22)20-16-18(14-15-24(2,3)4)11-13-19(20)12-10-17-8-6-5-7-9-17/h5-13,16H,1-4H3/b12-10+. The smallest absolute Gasteiger partial charge is 0.338 e. The van der Waals surface area contributed by atoms with Crippen molar-refractivity contribution in [2.24, 2.45) is 0 Å². The van der Waals surface area contributed by atoms with Gasteiger partial charge in [0.1, 0.15) is 8.07 Å². The van der Waals surface area contributed by atoms with Crippen molar-refractivity contribution in [2.75, 3.05) is 7.11 Å². The molecule has 0 saturated heterocycles. The average molecular weight is 334 g/mol. The summed E-state index contributed by atoms with van der Waals surface area (Å²) >= 11 is 0. The van der Waals surface area contributed by atoms with Crippen LogP contribution < -0.4 is 0 Å². The van der Waals surface area contributed by atoms with E-state index in [9.17, 15) is 4.79 Å². The van der Waals surface area contributed by atoms with Gasteiger partial charge in [0.05, 0.1) is 12.7 Å². The number of hydrogen-bond acceptors (Lipinski definition) is 2. The highest BCUT2D eigenvalue weighted by molar-refractivity contribution is 6.83. The summed E-state index contributed by atoms with van der Waals surface area (Å²) in [6, 6.07) is 15.6. The van der Waals surface area contributed by atoms with Gasteiger partial charge in [-0.15, -0.1) is 5.54 Å². The van der Waals surface area contributed by atoms with E-state index >= 15 is 0 Å². The van der Waals surface area contributed by atoms with E-state index in [4.69, 9.17) is 4.74 Å². The first-order chi connectivity index (χ1) is 11.4. The van der Waals surface area contributed by atoms with Gasteiger partial charge in [-0.2, -0.15) is 0 Å². The Hall–Kier alpha value is -2.57. The first-order valence-electron chi connectivity index (χ1n) is 7.88. The molecular formula is C21H22O2Si. The van der Waals surface area contributed by atoms with Crippen molar-refractivity contribution in [2.45, 2.75) is 19.6 Å². The van der Waals surface area contributed by atoms with Gasteiger partial charge in [-0.25, -0.2) is 4.79 Å². The van der Waals surface area contributed by atoms with Crippen LogP contribution in [0.1, 0.15) is 27.0 Å². The zero-order valence-corrected chi connectivity index (χ0v) is 15.6. The highest BCUT2D eigenvalue weighted by atomic mass is 28.3. The predicted molar refractivity (Wildman–Crippen MR) is 103 cm³/mol. The molecule has 0 aliphatic carbocycles.